The largest absolute Gasteiger partial charge is 0.464 e. The summed E-state index contributed by atoms with van der Waals surface area (Å²) >= 11 is 0. The van der Waals surface area contributed by atoms with Crippen LogP contribution in [0.3, 0.4) is 0 Å². The lowest BCUT2D eigenvalue weighted by atomic mass is 10.1. The molecule has 3 heteroatoms. The van der Waals surface area contributed by atoms with Crippen LogP contribution < -0.4 is 5.32 Å². The Bertz CT molecular complexity index is 310. The summed E-state index contributed by atoms with van der Waals surface area (Å²) in [5, 5.41) is 3.16. The number of cyclic esters (lactones) is 1. The van der Waals surface area contributed by atoms with Crippen molar-refractivity contribution in [3.8, 4) is 0 Å². The second kappa shape index (κ2) is 4.13. The van der Waals surface area contributed by atoms with Gasteiger partial charge in [0.15, 0.2) is 0 Å². The molecule has 0 saturated carbocycles. The van der Waals surface area contributed by atoms with E-state index in [-0.39, 0.29) is 12.0 Å². The maximum Gasteiger partial charge on any atom is 0.328 e. The molecule has 2 rings (SSSR count). The number of esters is 1. The van der Waals surface area contributed by atoms with E-state index in [1.807, 2.05) is 30.3 Å². The fourth-order valence-corrected chi connectivity index (χ4v) is 1.55. The van der Waals surface area contributed by atoms with Gasteiger partial charge < -0.3 is 10.1 Å². The van der Waals surface area contributed by atoms with Crippen molar-refractivity contribution in [1.82, 2.24) is 0 Å². The van der Waals surface area contributed by atoms with E-state index in [0.29, 0.717) is 6.61 Å². The molecule has 1 unspecified atom stereocenters. The van der Waals surface area contributed by atoms with Crippen LogP contribution in [0.1, 0.15) is 12.8 Å². The third-order valence-electron chi connectivity index (χ3n) is 2.28. The number of ether oxygens (including phenoxy) is 1. The molecule has 74 valence electrons. The van der Waals surface area contributed by atoms with Crippen LogP contribution in [0.5, 0.6) is 0 Å². The molecule has 0 amide bonds. The molecule has 0 bridgehead atoms. The molecule has 1 heterocycles. The van der Waals surface area contributed by atoms with Crippen LogP contribution in [0.4, 0.5) is 5.69 Å². The Hall–Kier alpha value is -1.51. The number of carbonyl (C=O) groups is 1. The average molecular weight is 191 g/mol. The molecule has 0 aliphatic carbocycles. The molecule has 1 saturated heterocycles. The molecule has 1 aliphatic heterocycles. The zero-order valence-corrected chi connectivity index (χ0v) is 7.90. The van der Waals surface area contributed by atoms with E-state index in [9.17, 15) is 4.79 Å². The van der Waals surface area contributed by atoms with Crippen molar-refractivity contribution in [3.63, 3.8) is 0 Å². The predicted molar refractivity (Wildman–Crippen MR) is 54.0 cm³/mol. The minimum Gasteiger partial charge on any atom is -0.464 e. The zero-order valence-electron chi connectivity index (χ0n) is 7.90. The molecule has 1 N–H and O–H groups in total. The van der Waals surface area contributed by atoms with Gasteiger partial charge in [-0.1, -0.05) is 18.2 Å². The van der Waals surface area contributed by atoms with Crippen molar-refractivity contribution in [2.45, 2.75) is 18.9 Å². The van der Waals surface area contributed by atoms with E-state index in [1.165, 1.54) is 0 Å². The molecule has 1 aromatic carbocycles. The fraction of sp³-hybridized carbons (Fsp3) is 0.364. The summed E-state index contributed by atoms with van der Waals surface area (Å²) < 4.78 is 4.96. The number of rotatable bonds is 2. The third kappa shape index (κ3) is 2.05. The van der Waals surface area contributed by atoms with Crippen molar-refractivity contribution in [2.75, 3.05) is 11.9 Å². The summed E-state index contributed by atoms with van der Waals surface area (Å²) in [6, 6.07) is 9.55. The van der Waals surface area contributed by atoms with Gasteiger partial charge in [-0.25, -0.2) is 4.79 Å². The Morgan fingerprint density at radius 2 is 2.07 bits per heavy atom. The Labute approximate surface area is 83.1 Å². The van der Waals surface area contributed by atoms with Crippen LogP contribution in [0.15, 0.2) is 30.3 Å². The van der Waals surface area contributed by atoms with Gasteiger partial charge in [-0.05, 0) is 25.0 Å². The number of hydrogen-bond donors (Lipinski definition) is 1. The highest BCUT2D eigenvalue weighted by atomic mass is 16.5. The highest BCUT2D eigenvalue weighted by Gasteiger charge is 2.23. The zero-order chi connectivity index (χ0) is 9.80. The number of nitrogens with one attached hydrogen (secondary N) is 1. The molecule has 1 fully saturated rings. The van der Waals surface area contributed by atoms with Crippen molar-refractivity contribution in [2.24, 2.45) is 0 Å². The van der Waals surface area contributed by atoms with E-state index in [2.05, 4.69) is 5.32 Å². The summed E-state index contributed by atoms with van der Waals surface area (Å²) in [7, 11) is 0. The Balaban J connectivity index is 2.00. The lowest BCUT2D eigenvalue weighted by molar-refractivity contribution is -0.147. The van der Waals surface area contributed by atoms with Crippen LogP contribution in [-0.4, -0.2) is 18.6 Å². The second-order valence-electron chi connectivity index (χ2n) is 3.37. The summed E-state index contributed by atoms with van der Waals surface area (Å²) in [6.45, 7) is 0.561. The van der Waals surface area contributed by atoms with Gasteiger partial charge in [0.05, 0.1) is 6.61 Å². The minimum atomic E-state index is -0.175. The number of para-hydroxylation sites is 1. The highest BCUT2D eigenvalue weighted by molar-refractivity contribution is 5.79. The lowest BCUT2D eigenvalue weighted by Crippen LogP contribution is -2.35. The van der Waals surface area contributed by atoms with E-state index in [4.69, 9.17) is 4.74 Å². The van der Waals surface area contributed by atoms with Gasteiger partial charge in [0, 0.05) is 5.69 Å². The SMILES string of the molecule is O=C1OCCCC1Nc1ccccc1. The van der Waals surface area contributed by atoms with Crippen molar-refractivity contribution >= 4 is 11.7 Å². The van der Waals surface area contributed by atoms with Crippen LogP contribution >= 0.6 is 0 Å². The maximum absolute atomic E-state index is 11.3. The monoisotopic (exact) mass is 191 g/mol. The maximum atomic E-state index is 11.3. The van der Waals surface area contributed by atoms with E-state index < -0.39 is 0 Å². The number of carbonyl (C=O) groups excluding carboxylic acids is 1. The Kier molecular flexibility index (Phi) is 2.68. The van der Waals surface area contributed by atoms with E-state index in [1.54, 1.807) is 0 Å². The van der Waals surface area contributed by atoms with Crippen LogP contribution in [0, 0.1) is 0 Å². The van der Waals surface area contributed by atoms with Crippen LogP contribution in [0.25, 0.3) is 0 Å². The molecule has 0 radical (unpaired) electrons. The first-order valence-electron chi connectivity index (χ1n) is 4.84. The van der Waals surface area contributed by atoms with Crippen molar-refractivity contribution in [3.05, 3.63) is 30.3 Å². The normalized spacial score (nSPS) is 21.4. The van der Waals surface area contributed by atoms with Gasteiger partial charge in [-0.15, -0.1) is 0 Å². The number of benzene rings is 1. The Morgan fingerprint density at radius 3 is 2.79 bits per heavy atom. The predicted octanol–water partition coefficient (Wildman–Crippen LogP) is 1.80. The van der Waals surface area contributed by atoms with Crippen molar-refractivity contribution < 1.29 is 9.53 Å². The molecule has 1 atom stereocenters. The molecule has 0 spiro atoms. The first kappa shape index (κ1) is 9.06. The van der Waals surface area contributed by atoms with Gasteiger partial charge in [-0.2, -0.15) is 0 Å². The summed E-state index contributed by atoms with van der Waals surface area (Å²) in [5.41, 5.74) is 0.969. The first-order valence-corrected chi connectivity index (χ1v) is 4.84. The third-order valence-corrected chi connectivity index (χ3v) is 2.28. The quantitative estimate of drug-likeness (QED) is 0.724. The van der Waals surface area contributed by atoms with E-state index in [0.717, 1.165) is 18.5 Å². The van der Waals surface area contributed by atoms with Gasteiger partial charge in [-0.3, -0.25) is 0 Å². The summed E-state index contributed by atoms with van der Waals surface area (Å²) in [4.78, 5) is 11.3. The number of anilines is 1. The first-order chi connectivity index (χ1) is 6.86. The van der Waals surface area contributed by atoms with Crippen LogP contribution in [0.2, 0.25) is 0 Å². The van der Waals surface area contributed by atoms with Gasteiger partial charge in [0.25, 0.3) is 0 Å². The molecule has 14 heavy (non-hydrogen) atoms. The average Bonchev–Trinajstić information content (AvgIpc) is 2.23. The molecule has 0 aromatic heterocycles. The van der Waals surface area contributed by atoms with Gasteiger partial charge in [0.2, 0.25) is 0 Å². The number of hydrogen-bond acceptors (Lipinski definition) is 3. The topological polar surface area (TPSA) is 38.3 Å². The standard InChI is InChI=1S/C11H13NO2/c13-11-10(7-4-8-14-11)12-9-5-2-1-3-6-9/h1-3,5-6,10,12H,4,7-8H2. The second-order valence-corrected chi connectivity index (χ2v) is 3.37. The molecular weight excluding hydrogens is 178 g/mol. The molecule has 1 aliphatic rings. The van der Waals surface area contributed by atoms with Crippen LogP contribution in [-0.2, 0) is 9.53 Å². The lowest BCUT2D eigenvalue weighted by Gasteiger charge is -2.22. The summed E-state index contributed by atoms with van der Waals surface area (Å²) in [5.74, 6) is -0.139. The van der Waals surface area contributed by atoms with Gasteiger partial charge in [0.1, 0.15) is 6.04 Å². The highest BCUT2D eigenvalue weighted by Crippen LogP contribution is 2.14. The molecular formula is C11H13NO2. The molecule has 3 nitrogen and oxygen atoms in total. The Morgan fingerprint density at radius 1 is 1.29 bits per heavy atom. The van der Waals surface area contributed by atoms with Crippen molar-refractivity contribution in [1.29, 1.82) is 0 Å². The van der Waals surface area contributed by atoms with E-state index >= 15 is 0 Å². The smallest absolute Gasteiger partial charge is 0.328 e. The fourth-order valence-electron chi connectivity index (χ4n) is 1.55. The molecule has 1 aromatic rings. The summed E-state index contributed by atoms with van der Waals surface area (Å²) in [6.07, 6.45) is 1.80. The minimum absolute atomic E-state index is 0.139. The van der Waals surface area contributed by atoms with Gasteiger partial charge >= 0.3 is 5.97 Å².